The van der Waals surface area contributed by atoms with Gasteiger partial charge >= 0.3 is 0 Å². The Hall–Kier alpha value is -1.57. The van der Waals surface area contributed by atoms with Gasteiger partial charge < -0.3 is 5.11 Å². The van der Waals surface area contributed by atoms with Gasteiger partial charge in [0.25, 0.3) is 0 Å². The van der Waals surface area contributed by atoms with E-state index in [0.717, 1.165) is 44.1 Å². The fourth-order valence-corrected chi connectivity index (χ4v) is 4.94. The first-order valence-electron chi connectivity index (χ1n) is 10.0. The van der Waals surface area contributed by atoms with Gasteiger partial charge in [0, 0.05) is 12.3 Å². The number of rotatable bonds is 3. The van der Waals surface area contributed by atoms with Crippen LogP contribution in [0.25, 0.3) is 5.57 Å². The number of Topliss-reactive ketones (excluding diaryl/α,β-unsaturated/α-hetero) is 1. The van der Waals surface area contributed by atoms with Gasteiger partial charge in [0.1, 0.15) is 5.76 Å². The van der Waals surface area contributed by atoms with E-state index in [1.807, 2.05) is 0 Å². The molecule has 2 heteroatoms. The van der Waals surface area contributed by atoms with Crippen molar-refractivity contribution in [1.82, 2.24) is 0 Å². The Morgan fingerprint density at radius 3 is 2.12 bits per heavy atom. The molecule has 3 aliphatic rings. The second-order valence-corrected chi connectivity index (χ2v) is 8.12. The zero-order chi connectivity index (χ0) is 18.1. The average Bonchev–Trinajstić information content (AvgIpc) is 2.67. The molecule has 3 aliphatic carbocycles. The predicted octanol–water partition coefficient (Wildman–Crippen LogP) is 5.80. The normalized spacial score (nSPS) is 30.1. The lowest BCUT2D eigenvalue weighted by atomic mass is 9.74. The van der Waals surface area contributed by atoms with Gasteiger partial charge in [0.05, 0.1) is 5.57 Å². The molecule has 1 aromatic carbocycles. The number of carbonyl (C=O) groups is 1. The van der Waals surface area contributed by atoms with E-state index in [4.69, 9.17) is 0 Å². The van der Waals surface area contributed by atoms with Crippen molar-refractivity contribution in [2.45, 2.75) is 72.6 Å². The maximum Gasteiger partial charge on any atom is 0.169 e. The van der Waals surface area contributed by atoms with E-state index >= 15 is 0 Å². The molecule has 2 bridgehead atoms. The molecule has 0 unspecified atom stereocenters. The van der Waals surface area contributed by atoms with Crippen molar-refractivity contribution in [3.63, 3.8) is 0 Å². The van der Waals surface area contributed by atoms with Crippen molar-refractivity contribution >= 4 is 11.4 Å². The van der Waals surface area contributed by atoms with Crippen LogP contribution in [-0.2, 0) is 17.6 Å². The molecule has 0 aromatic heterocycles. The Balaban J connectivity index is 2.20. The lowest BCUT2D eigenvalue weighted by Gasteiger charge is -2.30. The summed E-state index contributed by atoms with van der Waals surface area (Å²) in [6.07, 6.45) is 7.00. The number of benzene rings is 1. The molecule has 1 saturated carbocycles. The van der Waals surface area contributed by atoms with E-state index in [2.05, 4.69) is 39.8 Å². The van der Waals surface area contributed by atoms with E-state index < -0.39 is 0 Å². The zero-order valence-corrected chi connectivity index (χ0v) is 16.2. The molecule has 4 rings (SSSR count). The van der Waals surface area contributed by atoms with E-state index in [-0.39, 0.29) is 11.7 Å². The molecule has 0 radical (unpaired) electrons. The van der Waals surface area contributed by atoms with E-state index in [1.54, 1.807) is 0 Å². The molecule has 25 heavy (non-hydrogen) atoms. The van der Waals surface area contributed by atoms with Crippen molar-refractivity contribution in [3.05, 3.63) is 40.1 Å². The molecule has 0 spiro atoms. The van der Waals surface area contributed by atoms with Crippen molar-refractivity contribution in [2.24, 2.45) is 17.8 Å². The van der Waals surface area contributed by atoms with Crippen LogP contribution in [0.1, 0.15) is 75.1 Å². The second kappa shape index (κ2) is 7.35. The average molecular weight is 341 g/mol. The maximum atomic E-state index is 13.5. The van der Waals surface area contributed by atoms with Crippen LogP contribution < -0.4 is 0 Å². The van der Waals surface area contributed by atoms with Gasteiger partial charge in [-0.05, 0) is 74.0 Å². The molecule has 0 heterocycles. The molecular formula is C23H32O2. The Kier molecular flexibility index (Phi) is 5.36. The summed E-state index contributed by atoms with van der Waals surface area (Å²) in [5, 5.41) is 11.0. The predicted molar refractivity (Wildman–Crippen MR) is 104 cm³/mol. The standard InChI is InChI=1S/C23H32O2/c1-5-17-11-14(3)12-18(6-2)21(17)22-20(24)13-16-7-9-19(10-8-16)15(4)23(22)25/h11-12,15-16,19,24H,5-10,13H2,1-4H3/b22-20+/t15-,16-,19+/m0/s1. The smallest absolute Gasteiger partial charge is 0.169 e. The molecule has 1 fully saturated rings. The third-order valence-electron chi connectivity index (χ3n) is 6.49. The van der Waals surface area contributed by atoms with Crippen LogP contribution in [0.4, 0.5) is 0 Å². The Morgan fingerprint density at radius 2 is 1.60 bits per heavy atom. The Bertz CT molecular complexity index is 665. The first-order chi connectivity index (χ1) is 12.0. The van der Waals surface area contributed by atoms with Crippen molar-refractivity contribution in [2.75, 3.05) is 0 Å². The number of carbonyl (C=O) groups excluding carboxylic acids is 1. The number of aliphatic hydroxyl groups is 1. The molecule has 0 amide bonds. The number of hydrogen-bond acceptors (Lipinski definition) is 2. The van der Waals surface area contributed by atoms with Crippen molar-refractivity contribution in [1.29, 1.82) is 0 Å². The summed E-state index contributed by atoms with van der Waals surface area (Å²) in [5.41, 5.74) is 5.31. The summed E-state index contributed by atoms with van der Waals surface area (Å²) in [6.45, 7) is 8.48. The fourth-order valence-electron chi connectivity index (χ4n) is 4.94. The second-order valence-electron chi connectivity index (χ2n) is 8.12. The number of aryl methyl sites for hydroxylation is 3. The highest BCUT2D eigenvalue weighted by molar-refractivity contribution is 6.23. The van der Waals surface area contributed by atoms with Gasteiger partial charge in [-0.25, -0.2) is 0 Å². The van der Waals surface area contributed by atoms with Gasteiger partial charge in [-0.3, -0.25) is 4.79 Å². The van der Waals surface area contributed by atoms with Crippen LogP contribution >= 0.6 is 0 Å². The molecule has 2 nitrogen and oxygen atoms in total. The van der Waals surface area contributed by atoms with Crippen LogP contribution in [0.5, 0.6) is 0 Å². The van der Waals surface area contributed by atoms with Crippen LogP contribution in [0.2, 0.25) is 0 Å². The number of ketones is 1. The third kappa shape index (κ3) is 3.41. The monoisotopic (exact) mass is 340 g/mol. The summed E-state index contributed by atoms with van der Waals surface area (Å²) in [6, 6.07) is 4.38. The third-order valence-corrected chi connectivity index (χ3v) is 6.49. The molecule has 0 aliphatic heterocycles. The maximum absolute atomic E-state index is 13.5. The minimum atomic E-state index is 0.00640. The fraction of sp³-hybridized carbons (Fsp3) is 0.609. The molecule has 1 aromatic rings. The highest BCUT2D eigenvalue weighted by Gasteiger charge is 2.36. The lowest BCUT2D eigenvalue weighted by Crippen LogP contribution is -2.25. The number of hydrogen-bond donors (Lipinski definition) is 1. The Labute approximate surface area is 152 Å². The summed E-state index contributed by atoms with van der Waals surface area (Å²) < 4.78 is 0. The first kappa shape index (κ1) is 18.2. The van der Waals surface area contributed by atoms with E-state index in [1.165, 1.54) is 16.7 Å². The van der Waals surface area contributed by atoms with E-state index in [0.29, 0.717) is 29.6 Å². The molecule has 1 N–H and O–H groups in total. The largest absolute Gasteiger partial charge is 0.512 e. The van der Waals surface area contributed by atoms with Crippen LogP contribution in [0.3, 0.4) is 0 Å². The molecule has 1 atom stereocenters. The van der Waals surface area contributed by atoms with Crippen molar-refractivity contribution in [3.8, 4) is 0 Å². The molecule has 0 saturated heterocycles. The number of aliphatic hydroxyl groups excluding tert-OH is 1. The van der Waals surface area contributed by atoms with E-state index in [9.17, 15) is 9.90 Å². The van der Waals surface area contributed by atoms with Gasteiger partial charge in [0.15, 0.2) is 5.78 Å². The summed E-state index contributed by atoms with van der Waals surface area (Å²) >= 11 is 0. The summed E-state index contributed by atoms with van der Waals surface area (Å²) in [4.78, 5) is 13.5. The van der Waals surface area contributed by atoms with Crippen LogP contribution in [0.15, 0.2) is 17.9 Å². The van der Waals surface area contributed by atoms with Crippen molar-refractivity contribution < 1.29 is 9.90 Å². The molecular weight excluding hydrogens is 308 g/mol. The number of allylic oxidation sites excluding steroid dienone is 2. The first-order valence-corrected chi connectivity index (χ1v) is 10.0. The van der Waals surface area contributed by atoms with Gasteiger partial charge in [-0.1, -0.05) is 38.5 Å². The minimum Gasteiger partial charge on any atom is -0.512 e. The quantitative estimate of drug-likeness (QED) is 0.754. The lowest BCUT2D eigenvalue weighted by molar-refractivity contribution is -0.118. The highest BCUT2D eigenvalue weighted by atomic mass is 16.3. The van der Waals surface area contributed by atoms with Gasteiger partial charge in [0.2, 0.25) is 0 Å². The topological polar surface area (TPSA) is 37.3 Å². The Morgan fingerprint density at radius 1 is 1.04 bits per heavy atom. The van der Waals surface area contributed by atoms with Crippen LogP contribution in [-0.4, -0.2) is 10.9 Å². The number of fused-ring (bicyclic) bond motifs is 5. The van der Waals surface area contributed by atoms with Gasteiger partial charge in [-0.15, -0.1) is 0 Å². The van der Waals surface area contributed by atoms with Crippen LogP contribution in [0, 0.1) is 24.7 Å². The van der Waals surface area contributed by atoms with Gasteiger partial charge in [-0.2, -0.15) is 0 Å². The highest BCUT2D eigenvalue weighted by Crippen LogP contribution is 2.42. The summed E-state index contributed by atoms with van der Waals surface area (Å²) in [5.74, 6) is 1.53. The minimum absolute atomic E-state index is 0.00640. The SMILES string of the molecule is CCc1cc(C)cc(CC)c1/C1=C(\O)C[C@H]2CC[C@H](CC2)[C@H](C)C1=O. The zero-order valence-electron chi connectivity index (χ0n) is 16.2. The molecule has 136 valence electrons. The summed E-state index contributed by atoms with van der Waals surface area (Å²) in [7, 11) is 0.